The van der Waals surface area contributed by atoms with E-state index < -0.39 is 0 Å². The first-order chi connectivity index (χ1) is 17.0. The normalized spacial score (nSPS) is 16.3. The first-order valence-electron chi connectivity index (χ1n) is 12.4. The van der Waals surface area contributed by atoms with Gasteiger partial charge in [-0.05, 0) is 61.1 Å². The van der Waals surface area contributed by atoms with Gasteiger partial charge in [0.1, 0.15) is 11.4 Å². The van der Waals surface area contributed by atoms with E-state index in [0.29, 0.717) is 0 Å². The molecule has 0 saturated heterocycles. The number of methoxy groups -OCH3 is 1. The molecule has 0 spiro atoms. The van der Waals surface area contributed by atoms with E-state index in [4.69, 9.17) is 26.5 Å². The van der Waals surface area contributed by atoms with Crippen LogP contribution >= 0.6 is 11.6 Å². The molecule has 4 aromatic rings. The summed E-state index contributed by atoms with van der Waals surface area (Å²) in [6, 6.07) is 21.2. The molecule has 0 fully saturated rings. The molecule has 0 radical (unpaired) electrons. The van der Waals surface area contributed by atoms with Crippen molar-refractivity contribution in [2.75, 3.05) is 18.6 Å². The minimum atomic E-state index is -0.0509. The van der Waals surface area contributed by atoms with Gasteiger partial charge in [-0.25, -0.2) is 0 Å². The number of hydrogen-bond acceptors (Lipinski definition) is 4. The Morgan fingerprint density at radius 2 is 1.74 bits per heavy atom. The number of nitrogens with zero attached hydrogens (tertiary/aromatic N) is 3. The number of benzene rings is 3. The van der Waals surface area contributed by atoms with E-state index in [1.807, 2.05) is 6.07 Å². The number of hydrogen-bond donors (Lipinski definition) is 0. The number of fused-ring (bicyclic) bond motifs is 2. The Morgan fingerprint density at radius 3 is 2.46 bits per heavy atom. The second-order valence-corrected chi connectivity index (χ2v) is 10.0. The van der Waals surface area contributed by atoms with Gasteiger partial charge in [0, 0.05) is 22.9 Å². The van der Waals surface area contributed by atoms with Crippen molar-refractivity contribution in [1.82, 2.24) is 10.2 Å². The van der Waals surface area contributed by atoms with E-state index in [0.717, 1.165) is 59.4 Å². The maximum absolute atomic E-state index is 7.12. The van der Waals surface area contributed by atoms with Crippen LogP contribution in [0, 0.1) is 13.8 Å². The summed E-state index contributed by atoms with van der Waals surface area (Å²) in [5, 5.41) is 11.9. The van der Waals surface area contributed by atoms with Crippen LogP contribution in [0.25, 0.3) is 22.0 Å². The first-order valence-corrected chi connectivity index (χ1v) is 12.9. The molecule has 35 heavy (non-hydrogen) atoms. The van der Waals surface area contributed by atoms with Crippen molar-refractivity contribution in [2.45, 2.75) is 51.5 Å². The zero-order chi connectivity index (χ0) is 24.5. The number of ether oxygens (including phenoxy) is 1. The molecule has 2 atom stereocenters. The van der Waals surface area contributed by atoms with Crippen molar-refractivity contribution < 1.29 is 4.74 Å². The molecule has 2 heterocycles. The van der Waals surface area contributed by atoms with Gasteiger partial charge in [-0.1, -0.05) is 61.9 Å². The molecule has 0 aliphatic carbocycles. The van der Waals surface area contributed by atoms with Crippen molar-refractivity contribution in [3.05, 3.63) is 82.9 Å². The Labute approximate surface area is 212 Å². The van der Waals surface area contributed by atoms with Gasteiger partial charge < -0.3 is 9.64 Å². The van der Waals surface area contributed by atoms with Gasteiger partial charge in [0.15, 0.2) is 5.82 Å². The minimum Gasteiger partial charge on any atom is -0.497 e. The average molecular weight is 486 g/mol. The van der Waals surface area contributed by atoms with Gasteiger partial charge in [0.25, 0.3) is 0 Å². The van der Waals surface area contributed by atoms with Crippen LogP contribution in [0.2, 0.25) is 0 Å². The summed E-state index contributed by atoms with van der Waals surface area (Å²) in [6.45, 7) is 7.31. The third-order valence-electron chi connectivity index (χ3n) is 7.19. The lowest BCUT2D eigenvalue weighted by Crippen LogP contribution is -2.41. The van der Waals surface area contributed by atoms with E-state index >= 15 is 0 Å². The lowest BCUT2D eigenvalue weighted by Gasteiger charge is -2.41. The van der Waals surface area contributed by atoms with Gasteiger partial charge in [-0.2, -0.15) is 0 Å². The van der Waals surface area contributed by atoms with E-state index in [2.05, 4.69) is 80.3 Å². The molecule has 4 nitrogen and oxygen atoms in total. The van der Waals surface area contributed by atoms with Crippen LogP contribution in [-0.2, 0) is 6.42 Å². The fourth-order valence-corrected chi connectivity index (χ4v) is 5.98. The third kappa shape index (κ3) is 4.25. The Bertz CT molecular complexity index is 1350. The molecule has 1 aromatic heterocycles. The predicted octanol–water partition coefficient (Wildman–Crippen LogP) is 7.43. The molecule has 5 rings (SSSR count). The van der Waals surface area contributed by atoms with Crippen molar-refractivity contribution in [3.8, 4) is 17.0 Å². The molecular weight excluding hydrogens is 454 g/mol. The van der Waals surface area contributed by atoms with Crippen molar-refractivity contribution >= 4 is 28.2 Å². The molecular formula is C30H32ClN3O. The van der Waals surface area contributed by atoms with E-state index in [-0.39, 0.29) is 11.4 Å². The lowest BCUT2D eigenvalue weighted by molar-refractivity contribution is 0.412. The summed E-state index contributed by atoms with van der Waals surface area (Å²) < 4.78 is 5.58. The number of alkyl halides is 1. The zero-order valence-corrected chi connectivity index (χ0v) is 21.6. The van der Waals surface area contributed by atoms with Crippen LogP contribution in [0.1, 0.15) is 48.1 Å². The molecule has 1 aliphatic rings. The fraction of sp³-hybridized carbons (Fsp3) is 0.333. The number of anilines is 1. The highest BCUT2D eigenvalue weighted by Crippen LogP contribution is 2.43. The second kappa shape index (κ2) is 9.87. The Kier molecular flexibility index (Phi) is 6.66. The fourth-order valence-electron chi connectivity index (χ4n) is 5.49. The van der Waals surface area contributed by atoms with Crippen LogP contribution in [0.15, 0.2) is 60.7 Å². The predicted molar refractivity (Wildman–Crippen MR) is 146 cm³/mol. The van der Waals surface area contributed by atoms with Crippen molar-refractivity contribution in [3.63, 3.8) is 0 Å². The lowest BCUT2D eigenvalue weighted by atomic mass is 9.88. The standard InChI is InChI=1S/C30H32ClN3O/c1-5-9-26(31)29-25-18-22(35-4)15-14-21(25)16-17-34(29)30-24-13-7-6-12-23(24)28(32-33-30)27-19(2)10-8-11-20(27)3/h6-8,10-15,18,26,29H,5,9,16-17H2,1-4H3. The molecule has 1 aliphatic heterocycles. The highest BCUT2D eigenvalue weighted by Gasteiger charge is 2.35. The summed E-state index contributed by atoms with van der Waals surface area (Å²) in [5.74, 6) is 1.76. The van der Waals surface area contributed by atoms with E-state index in [9.17, 15) is 0 Å². The van der Waals surface area contributed by atoms with E-state index in [1.165, 1.54) is 22.3 Å². The summed E-state index contributed by atoms with van der Waals surface area (Å²) in [6.07, 6.45) is 2.88. The summed E-state index contributed by atoms with van der Waals surface area (Å²) in [7, 11) is 1.72. The molecule has 0 amide bonds. The summed E-state index contributed by atoms with van der Waals surface area (Å²) in [4.78, 5) is 2.37. The SMILES string of the molecule is CCCC(Cl)C1c2cc(OC)ccc2CCN1c1nnc(-c2c(C)cccc2C)c2ccccc12. The van der Waals surface area contributed by atoms with Gasteiger partial charge in [0.2, 0.25) is 0 Å². The van der Waals surface area contributed by atoms with Crippen LogP contribution in [0.5, 0.6) is 5.75 Å². The second-order valence-electron chi connectivity index (χ2n) is 9.44. The summed E-state index contributed by atoms with van der Waals surface area (Å²) in [5.41, 5.74) is 7.07. The number of aryl methyl sites for hydroxylation is 2. The van der Waals surface area contributed by atoms with Gasteiger partial charge in [0.05, 0.1) is 18.5 Å². The topological polar surface area (TPSA) is 38.2 Å². The highest BCUT2D eigenvalue weighted by atomic mass is 35.5. The maximum atomic E-state index is 7.12. The van der Waals surface area contributed by atoms with Crippen molar-refractivity contribution in [1.29, 1.82) is 0 Å². The average Bonchev–Trinajstić information content (AvgIpc) is 2.87. The van der Waals surface area contributed by atoms with Crippen LogP contribution < -0.4 is 9.64 Å². The summed E-state index contributed by atoms with van der Waals surface area (Å²) >= 11 is 7.12. The highest BCUT2D eigenvalue weighted by molar-refractivity contribution is 6.21. The van der Waals surface area contributed by atoms with Crippen LogP contribution in [0.3, 0.4) is 0 Å². The number of rotatable bonds is 6. The smallest absolute Gasteiger partial charge is 0.159 e. The molecule has 0 bridgehead atoms. The largest absolute Gasteiger partial charge is 0.497 e. The van der Waals surface area contributed by atoms with Gasteiger partial charge in [-0.3, -0.25) is 0 Å². The Hall–Kier alpha value is -3.11. The third-order valence-corrected chi connectivity index (χ3v) is 7.65. The monoisotopic (exact) mass is 485 g/mol. The van der Waals surface area contributed by atoms with Crippen LogP contribution in [0.4, 0.5) is 5.82 Å². The van der Waals surface area contributed by atoms with Crippen LogP contribution in [-0.4, -0.2) is 29.2 Å². The molecule has 0 N–H and O–H groups in total. The first kappa shape index (κ1) is 23.6. The molecule has 5 heteroatoms. The number of aromatic nitrogens is 2. The molecule has 3 aromatic carbocycles. The Balaban J connectivity index is 1.69. The molecule has 2 unspecified atom stereocenters. The zero-order valence-electron chi connectivity index (χ0n) is 20.9. The van der Waals surface area contributed by atoms with Gasteiger partial charge >= 0.3 is 0 Å². The van der Waals surface area contributed by atoms with E-state index in [1.54, 1.807) is 7.11 Å². The number of halogens is 1. The van der Waals surface area contributed by atoms with Crippen molar-refractivity contribution in [2.24, 2.45) is 0 Å². The van der Waals surface area contributed by atoms with Gasteiger partial charge in [-0.15, -0.1) is 21.8 Å². The maximum Gasteiger partial charge on any atom is 0.159 e. The molecule has 0 saturated carbocycles. The Morgan fingerprint density at radius 1 is 1.00 bits per heavy atom. The quantitative estimate of drug-likeness (QED) is 0.266. The minimum absolute atomic E-state index is 0.000722. The molecule has 180 valence electrons.